The van der Waals surface area contributed by atoms with Crippen LogP contribution in [0.3, 0.4) is 0 Å². The van der Waals surface area contributed by atoms with E-state index in [2.05, 4.69) is 0 Å². The lowest BCUT2D eigenvalue weighted by Gasteiger charge is -2.36. The Labute approximate surface area is 139 Å². The zero-order valence-corrected chi connectivity index (χ0v) is 13.4. The number of halogens is 1. The fourth-order valence-electron chi connectivity index (χ4n) is 2.99. The van der Waals surface area contributed by atoms with Crippen molar-refractivity contribution in [2.45, 2.75) is 25.8 Å². The quantitative estimate of drug-likeness (QED) is 0.940. The molecule has 126 valence electrons. The Morgan fingerprint density at radius 3 is 2.54 bits per heavy atom. The van der Waals surface area contributed by atoms with E-state index in [1.165, 1.54) is 12.1 Å². The molecule has 0 bridgehead atoms. The highest BCUT2D eigenvalue weighted by atomic mass is 19.1. The Hall–Kier alpha value is -2.63. The molecule has 2 atom stereocenters. The van der Waals surface area contributed by atoms with Crippen molar-refractivity contribution in [1.29, 1.82) is 0 Å². The summed E-state index contributed by atoms with van der Waals surface area (Å²) in [6.07, 6.45) is 1.42. The first-order valence-electron chi connectivity index (χ1n) is 7.92. The van der Waals surface area contributed by atoms with Gasteiger partial charge < -0.3 is 15.1 Å². The van der Waals surface area contributed by atoms with Crippen molar-refractivity contribution in [2.24, 2.45) is 11.7 Å². The zero-order chi connectivity index (χ0) is 17.3. The predicted octanol–water partition coefficient (Wildman–Crippen LogP) is 2.81. The number of hydrogen-bond donors (Lipinski definition) is 1. The van der Waals surface area contributed by atoms with E-state index in [0.717, 1.165) is 6.42 Å². The minimum Gasteiger partial charge on any atom is -0.451 e. The summed E-state index contributed by atoms with van der Waals surface area (Å²) in [7, 11) is 0. The van der Waals surface area contributed by atoms with E-state index in [-0.39, 0.29) is 35.4 Å². The molecule has 0 saturated carbocycles. The number of carbonyl (C=O) groups is 2. The molecule has 5 nitrogen and oxygen atoms in total. The van der Waals surface area contributed by atoms with Gasteiger partial charge in [0.25, 0.3) is 5.91 Å². The summed E-state index contributed by atoms with van der Waals surface area (Å²) in [6, 6.07) is 9.16. The van der Waals surface area contributed by atoms with Crippen molar-refractivity contribution < 1.29 is 18.4 Å². The van der Waals surface area contributed by atoms with Gasteiger partial charge in [-0.2, -0.15) is 0 Å². The van der Waals surface area contributed by atoms with Crippen LogP contribution in [0.5, 0.6) is 0 Å². The van der Waals surface area contributed by atoms with Gasteiger partial charge in [-0.25, -0.2) is 4.39 Å². The van der Waals surface area contributed by atoms with Crippen molar-refractivity contribution >= 4 is 11.8 Å². The lowest BCUT2D eigenvalue weighted by atomic mass is 9.93. The van der Waals surface area contributed by atoms with Gasteiger partial charge in [0.15, 0.2) is 5.76 Å². The molecule has 1 aromatic heterocycles. The largest absolute Gasteiger partial charge is 0.451 e. The third-order valence-corrected chi connectivity index (χ3v) is 4.49. The monoisotopic (exact) mass is 330 g/mol. The minimum atomic E-state index is -0.383. The van der Waals surface area contributed by atoms with Crippen LogP contribution in [0.4, 0.5) is 4.39 Å². The van der Waals surface area contributed by atoms with Gasteiger partial charge in [0.1, 0.15) is 11.6 Å². The van der Waals surface area contributed by atoms with Crippen LogP contribution < -0.4 is 5.73 Å². The first-order chi connectivity index (χ1) is 11.5. The molecule has 3 rings (SSSR count). The molecular formula is C18H19FN2O3. The topological polar surface area (TPSA) is 76.5 Å². The summed E-state index contributed by atoms with van der Waals surface area (Å²) < 4.78 is 18.6. The number of hydrogen-bond acceptors (Lipinski definition) is 3. The van der Waals surface area contributed by atoms with Crippen LogP contribution in [0.2, 0.25) is 0 Å². The van der Waals surface area contributed by atoms with Gasteiger partial charge in [0, 0.05) is 18.2 Å². The third kappa shape index (κ3) is 3.18. The van der Waals surface area contributed by atoms with Gasteiger partial charge >= 0.3 is 0 Å². The van der Waals surface area contributed by atoms with Crippen LogP contribution >= 0.6 is 0 Å². The summed E-state index contributed by atoms with van der Waals surface area (Å²) in [5.41, 5.74) is 6.07. The molecule has 1 aliphatic rings. The van der Waals surface area contributed by atoms with E-state index in [0.29, 0.717) is 24.3 Å². The van der Waals surface area contributed by atoms with Crippen LogP contribution in [0.1, 0.15) is 30.3 Å². The van der Waals surface area contributed by atoms with Crippen LogP contribution in [0.15, 0.2) is 40.8 Å². The SMILES string of the molecule is C[C@@H]1CC[C@@H](C(N)=O)CN1C(=O)c1ccc(-c2ccc(F)cc2)o1. The molecule has 2 heterocycles. The molecule has 1 fully saturated rings. The highest BCUT2D eigenvalue weighted by Gasteiger charge is 2.33. The number of benzene rings is 1. The molecule has 6 heteroatoms. The van der Waals surface area contributed by atoms with E-state index in [4.69, 9.17) is 10.2 Å². The number of primary amides is 1. The molecule has 2 amide bonds. The first kappa shape index (κ1) is 16.2. The van der Waals surface area contributed by atoms with Crippen molar-refractivity contribution in [3.63, 3.8) is 0 Å². The Kier molecular flexibility index (Phi) is 4.38. The molecule has 0 unspecified atom stereocenters. The van der Waals surface area contributed by atoms with E-state index >= 15 is 0 Å². The third-order valence-electron chi connectivity index (χ3n) is 4.49. The number of nitrogens with zero attached hydrogens (tertiary/aromatic N) is 1. The van der Waals surface area contributed by atoms with Crippen molar-refractivity contribution in [2.75, 3.05) is 6.54 Å². The van der Waals surface area contributed by atoms with Crippen molar-refractivity contribution in [3.05, 3.63) is 48.0 Å². The fourth-order valence-corrected chi connectivity index (χ4v) is 2.99. The van der Waals surface area contributed by atoms with E-state index < -0.39 is 0 Å². The average molecular weight is 330 g/mol. The molecular weight excluding hydrogens is 311 g/mol. The van der Waals surface area contributed by atoms with Gasteiger partial charge in [-0.15, -0.1) is 0 Å². The minimum absolute atomic E-state index is 0.0208. The molecule has 1 aliphatic heterocycles. The number of amides is 2. The molecule has 1 saturated heterocycles. The zero-order valence-electron chi connectivity index (χ0n) is 13.4. The van der Waals surface area contributed by atoms with Gasteiger partial charge in [-0.3, -0.25) is 9.59 Å². The van der Waals surface area contributed by atoms with Gasteiger partial charge in [-0.05, 0) is 56.2 Å². The lowest BCUT2D eigenvalue weighted by molar-refractivity contribution is -0.123. The van der Waals surface area contributed by atoms with E-state index in [9.17, 15) is 14.0 Å². The summed E-state index contributed by atoms with van der Waals surface area (Å²) in [5, 5.41) is 0. The summed E-state index contributed by atoms with van der Waals surface area (Å²) in [5.74, 6) is -0.605. The molecule has 0 aliphatic carbocycles. The smallest absolute Gasteiger partial charge is 0.289 e. The second-order valence-corrected chi connectivity index (χ2v) is 6.15. The summed E-state index contributed by atoms with van der Waals surface area (Å²) in [6.45, 7) is 2.25. The Balaban J connectivity index is 1.80. The fraction of sp³-hybridized carbons (Fsp3) is 0.333. The highest BCUT2D eigenvalue weighted by Crippen LogP contribution is 2.27. The molecule has 0 spiro atoms. The second-order valence-electron chi connectivity index (χ2n) is 6.15. The molecule has 2 N–H and O–H groups in total. The Morgan fingerprint density at radius 1 is 1.17 bits per heavy atom. The Bertz CT molecular complexity index is 754. The van der Waals surface area contributed by atoms with Crippen LogP contribution in [0.25, 0.3) is 11.3 Å². The van der Waals surface area contributed by atoms with E-state index in [1.54, 1.807) is 29.2 Å². The maximum Gasteiger partial charge on any atom is 0.289 e. The van der Waals surface area contributed by atoms with E-state index in [1.807, 2.05) is 6.92 Å². The number of rotatable bonds is 3. The van der Waals surface area contributed by atoms with Gasteiger partial charge in [0.05, 0.1) is 5.92 Å². The van der Waals surface area contributed by atoms with Crippen LogP contribution in [-0.2, 0) is 4.79 Å². The molecule has 2 aromatic rings. The number of furan rings is 1. The standard InChI is InChI=1S/C18H19FN2O3/c1-11-2-3-13(17(20)22)10-21(11)18(23)16-9-8-15(24-16)12-4-6-14(19)7-5-12/h4-9,11,13H,2-3,10H2,1H3,(H2,20,22)/t11-,13-/m1/s1. The first-order valence-corrected chi connectivity index (χ1v) is 7.92. The predicted molar refractivity (Wildman–Crippen MR) is 86.5 cm³/mol. The van der Waals surface area contributed by atoms with Crippen molar-refractivity contribution in [3.8, 4) is 11.3 Å². The lowest BCUT2D eigenvalue weighted by Crippen LogP contribution is -2.48. The maximum atomic E-state index is 13.0. The summed E-state index contributed by atoms with van der Waals surface area (Å²) in [4.78, 5) is 25.7. The highest BCUT2D eigenvalue weighted by molar-refractivity contribution is 5.93. The van der Waals surface area contributed by atoms with Crippen molar-refractivity contribution in [1.82, 2.24) is 4.90 Å². The second kappa shape index (κ2) is 6.47. The average Bonchev–Trinajstić information content (AvgIpc) is 3.05. The maximum absolute atomic E-state index is 13.0. The molecule has 1 aromatic carbocycles. The number of piperidine rings is 1. The number of nitrogens with two attached hydrogens (primary N) is 1. The number of likely N-dealkylation sites (tertiary alicyclic amines) is 1. The van der Waals surface area contributed by atoms with Crippen LogP contribution in [-0.4, -0.2) is 29.3 Å². The number of carbonyl (C=O) groups excluding carboxylic acids is 2. The Morgan fingerprint density at radius 2 is 1.88 bits per heavy atom. The van der Waals surface area contributed by atoms with Crippen LogP contribution in [0, 0.1) is 11.7 Å². The normalized spacial score (nSPS) is 20.8. The molecule has 24 heavy (non-hydrogen) atoms. The van der Waals surface area contributed by atoms with Gasteiger partial charge in [0.2, 0.25) is 5.91 Å². The molecule has 0 radical (unpaired) electrons. The van der Waals surface area contributed by atoms with Gasteiger partial charge in [-0.1, -0.05) is 0 Å². The summed E-state index contributed by atoms with van der Waals surface area (Å²) >= 11 is 0.